The molecular weight excluding hydrogens is 439 g/mol. The third kappa shape index (κ3) is 6.24. The van der Waals surface area contributed by atoms with E-state index < -0.39 is 29.8 Å². The molecule has 8 heteroatoms. The Morgan fingerprint density at radius 1 is 1.18 bits per heavy atom. The number of rotatable bonds is 10. The number of halogens is 1. The molecule has 186 valence electrons. The molecule has 2 aromatic rings. The van der Waals surface area contributed by atoms with E-state index in [2.05, 4.69) is 10.3 Å². The zero-order valence-electron chi connectivity index (χ0n) is 20.9. The Morgan fingerprint density at radius 3 is 2.41 bits per heavy atom. The topological polar surface area (TPSA) is 97.8 Å². The summed E-state index contributed by atoms with van der Waals surface area (Å²) in [6.45, 7) is 11.4. The second-order valence-electron chi connectivity index (χ2n) is 8.96. The molecule has 1 heterocycles. The number of methoxy groups -OCH3 is 1. The van der Waals surface area contributed by atoms with E-state index in [-0.39, 0.29) is 35.0 Å². The molecule has 2 rings (SSSR count). The number of benzene rings is 1. The summed E-state index contributed by atoms with van der Waals surface area (Å²) >= 11 is 0. The number of aryl methyl sites for hydroxylation is 1. The second kappa shape index (κ2) is 11.8. The van der Waals surface area contributed by atoms with E-state index in [0.717, 1.165) is 11.1 Å². The van der Waals surface area contributed by atoms with Gasteiger partial charge >= 0.3 is 5.97 Å². The van der Waals surface area contributed by atoms with Crippen LogP contribution in [0, 0.1) is 24.6 Å². The van der Waals surface area contributed by atoms with Crippen molar-refractivity contribution in [3.05, 3.63) is 53.1 Å². The fourth-order valence-electron chi connectivity index (χ4n) is 4.14. The zero-order valence-corrected chi connectivity index (χ0v) is 20.9. The van der Waals surface area contributed by atoms with Gasteiger partial charge in [0.15, 0.2) is 17.2 Å². The van der Waals surface area contributed by atoms with Crippen molar-refractivity contribution in [2.75, 3.05) is 7.11 Å². The monoisotopic (exact) mass is 474 g/mol. The van der Waals surface area contributed by atoms with Gasteiger partial charge in [-0.15, -0.1) is 0 Å². The molecular formula is C26H35FN2O5. The molecule has 0 saturated heterocycles. The molecule has 34 heavy (non-hydrogen) atoms. The van der Waals surface area contributed by atoms with Gasteiger partial charge in [-0.3, -0.25) is 4.79 Å². The molecule has 0 bridgehead atoms. The van der Waals surface area contributed by atoms with Crippen LogP contribution in [-0.4, -0.2) is 41.2 Å². The van der Waals surface area contributed by atoms with E-state index in [9.17, 15) is 19.1 Å². The lowest BCUT2D eigenvalue weighted by Crippen LogP contribution is -2.47. The van der Waals surface area contributed by atoms with Crippen molar-refractivity contribution >= 4 is 11.9 Å². The Bertz CT molecular complexity index is 1010. The number of pyridine rings is 1. The Balaban J connectivity index is 2.26. The molecule has 1 aromatic carbocycles. The molecule has 0 saturated carbocycles. The van der Waals surface area contributed by atoms with Crippen LogP contribution in [0.4, 0.5) is 4.39 Å². The van der Waals surface area contributed by atoms with Gasteiger partial charge in [-0.1, -0.05) is 40.2 Å². The van der Waals surface area contributed by atoms with Gasteiger partial charge in [-0.25, -0.2) is 14.2 Å². The summed E-state index contributed by atoms with van der Waals surface area (Å²) in [7, 11) is 1.37. The highest BCUT2D eigenvalue weighted by molar-refractivity contribution is 5.98. The molecule has 1 amide bonds. The molecule has 0 radical (unpaired) electrons. The summed E-state index contributed by atoms with van der Waals surface area (Å²) in [5.74, 6) is -2.19. The van der Waals surface area contributed by atoms with Gasteiger partial charge in [0.25, 0.3) is 5.91 Å². The highest BCUT2D eigenvalue weighted by Crippen LogP contribution is 2.33. The molecule has 2 N–H and O–H groups in total. The van der Waals surface area contributed by atoms with Crippen LogP contribution < -0.4 is 10.1 Å². The smallest absolute Gasteiger partial charge is 0.329 e. The maximum atomic E-state index is 13.6. The van der Waals surface area contributed by atoms with Gasteiger partial charge in [0, 0.05) is 18.2 Å². The number of nitrogens with one attached hydrogen (secondary N) is 1. The van der Waals surface area contributed by atoms with Crippen LogP contribution in [0.1, 0.15) is 68.6 Å². The predicted molar refractivity (Wildman–Crippen MR) is 127 cm³/mol. The molecule has 0 aliphatic carbocycles. The number of ether oxygens (including phenoxy) is 2. The Hall–Kier alpha value is -3.16. The lowest BCUT2D eigenvalue weighted by molar-refractivity contribution is -0.153. The van der Waals surface area contributed by atoms with Gasteiger partial charge in [0.05, 0.1) is 7.11 Å². The number of hydrogen-bond donors (Lipinski definition) is 2. The Kier molecular flexibility index (Phi) is 9.41. The van der Waals surface area contributed by atoms with Crippen molar-refractivity contribution in [3.8, 4) is 11.5 Å². The maximum absolute atomic E-state index is 13.6. The summed E-state index contributed by atoms with van der Waals surface area (Å²) < 4.78 is 24.5. The number of aromatic hydroxyl groups is 1. The summed E-state index contributed by atoms with van der Waals surface area (Å²) in [6.07, 6.45) is 1.42. The number of carbonyl (C=O) groups excluding carboxylic acids is 2. The van der Waals surface area contributed by atoms with Gasteiger partial charge in [0.1, 0.15) is 18.0 Å². The van der Waals surface area contributed by atoms with Crippen LogP contribution in [-0.2, 0) is 9.53 Å². The first-order chi connectivity index (χ1) is 16.0. The number of carbonyl (C=O) groups is 2. The van der Waals surface area contributed by atoms with E-state index >= 15 is 0 Å². The minimum Gasteiger partial charge on any atom is -0.503 e. The highest BCUT2D eigenvalue weighted by Gasteiger charge is 2.33. The van der Waals surface area contributed by atoms with Crippen LogP contribution in [0.25, 0.3) is 0 Å². The van der Waals surface area contributed by atoms with Crippen LogP contribution in [0.3, 0.4) is 0 Å². The van der Waals surface area contributed by atoms with Gasteiger partial charge in [0.2, 0.25) is 0 Å². The molecule has 4 atom stereocenters. The molecule has 0 spiro atoms. The molecule has 0 aliphatic rings. The summed E-state index contributed by atoms with van der Waals surface area (Å²) in [4.78, 5) is 30.0. The zero-order chi connectivity index (χ0) is 25.6. The number of nitrogens with zero attached hydrogens (tertiary/aromatic N) is 1. The van der Waals surface area contributed by atoms with Crippen LogP contribution >= 0.6 is 0 Å². The van der Waals surface area contributed by atoms with E-state index in [1.54, 1.807) is 13.0 Å². The first-order valence-electron chi connectivity index (χ1n) is 11.5. The molecule has 0 fully saturated rings. The Morgan fingerprint density at radius 2 is 1.85 bits per heavy atom. The van der Waals surface area contributed by atoms with Crippen molar-refractivity contribution in [2.24, 2.45) is 11.8 Å². The number of esters is 1. The van der Waals surface area contributed by atoms with Crippen LogP contribution in [0.15, 0.2) is 30.5 Å². The number of amides is 1. The number of aromatic nitrogens is 1. The molecule has 0 aliphatic heterocycles. The summed E-state index contributed by atoms with van der Waals surface area (Å²) in [5.41, 5.74) is 1.45. The quantitative estimate of drug-likeness (QED) is 0.482. The fraction of sp³-hybridized carbons (Fsp3) is 0.500. The van der Waals surface area contributed by atoms with Crippen molar-refractivity contribution < 1.29 is 28.6 Å². The highest BCUT2D eigenvalue weighted by atomic mass is 19.1. The Labute approximate surface area is 200 Å². The van der Waals surface area contributed by atoms with E-state index in [1.807, 2.05) is 34.6 Å². The summed E-state index contributed by atoms with van der Waals surface area (Å²) in [5, 5.41) is 12.9. The largest absolute Gasteiger partial charge is 0.503 e. The SMILES string of the molecule is CC[C@H](C)[C@H](NC(=O)c1nccc(OC)c1O)C(=O)O[C@@H](C)[C@H](c1ccc(F)cc1C)C(C)C. The van der Waals surface area contributed by atoms with Gasteiger partial charge < -0.3 is 19.9 Å². The van der Waals surface area contributed by atoms with Crippen molar-refractivity contribution in [3.63, 3.8) is 0 Å². The summed E-state index contributed by atoms with van der Waals surface area (Å²) in [6, 6.07) is 5.08. The van der Waals surface area contributed by atoms with E-state index in [0.29, 0.717) is 6.42 Å². The second-order valence-corrected chi connectivity index (χ2v) is 8.96. The normalized spacial score (nSPS) is 14.7. The lowest BCUT2D eigenvalue weighted by Gasteiger charge is -2.31. The molecule has 1 aromatic heterocycles. The van der Waals surface area contributed by atoms with Crippen molar-refractivity contribution in [2.45, 2.75) is 66.0 Å². The predicted octanol–water partition coefficient (Wildman–Crippen LogP) is 4.76. The third-order valence-electron chi connectivity index (χ3n) is 6.19. The fourth-order valence-corrected chi connectivity index (χ4v) is 4.14. The average Bonchev–Trinajstić information content (AvgIpc) is 2.78. The van der Waals surface area contributed by atoms with Crippen molar-refractivity contribution in [1.82, 2.24) is 10.3 Å². The van der Waals surface area contributed by atoms with E-state index in [1.165, 1.54) is 31.5 Å². The van der Waals surface area contributed by atoms with E-state index in [4.69, 9.17) is 9.47 Å². The first kappa shape index (κ1) is 27.1. The van der Waals surface area contributed by atoms with Crippen molar-refractivity contribution in [1.29, 1.82) is 0 Å². The molecule has 0 unspecified atom stereocenters. The third-order valence-corrected chi connectivity index (χ3v) is 6.19. The standard InChI is InChI=1S/C26H35FN2O5/c1-8-15(4)22(29-25(31)23-24(30)20(33-7)11-12-28-23)26(32)34-17(6)21(14(2)3)19-10-9-18(27)13-16(19)5/h9-15,17,21-22,30H,8H2,1-7H3,(H,29,31)/t15-,17-,21+,22-/m0/s1. The van der Waals surface area contributed by atoms with Gasteiger partial charge in [-0.2, -0.15) is 0 Å². The minimum atomic E-state index is -0.950. The van der Waals surface area contributed by atoms with Gasteiger partial charge in [-0.05, 0) is 48.9 Å². The lowest BCUT2D eigenvalue weighted by atomic mass is 9.82. The van der Waals surface area contributed by atoms with Crippen LogP contribution in [0.2, 0.25) is 0 Å². The first-order valence-corrected chi connectivity index (χ1v) is 11.5. The number of hydrogen-bond acceptors (Lipinski definition) is 6. The maximum Gasteiger partial charge on any atom is 0.329 e. The average molecular weight is 475 g/mol. The molecule has 7 nitrogen and oxygen atoms in total. The minimum absolute atomic E-state index is 0.103. The van der Waals surface area contributed by atoms with Crippen LogP contribution in [0.5, 0.6) is 11.5 Å².